The van der Waals surface area contributed by atoms with Crippen LogP contribution in [0.15, 0.2) is 81.9 Å². The van der Waals surface area contributed by atoms with Gasteiger partial charge in [0.25, 0.3) is 5.91 Å². The molecule has 6 nitrogen and oxygen atoms in total. The minimum absolute atomic E-state index is 0.196. The van der Waals surface area contributed by atoms with Crippen molar-refractivity contribution in [2.75, 3.05) is 18.8 Å². The maximum Gasteiger partial charge on any atom is 0.282 e. The second-order valence-electron chi connectivity index (χ2n) is 6.89. The molecule has 2 aliphatic heterocycles. The van der Waals surface area contributed by atoms with Crippen LogP contribution in [0.25, 0.3) is 6.08 Å². The van der Waals surface area contributed by atoms with Crippen LogP contribution < -0.4 is 19.1 Å². The second kappa shape index (κ2) is 7.92. The molecule has 2 aliphatic rings. The summed E-state index contributed by atoms with van der Waals surface area (Å²) in [5.41, 5.74) is 2.57. The standard InChI is InChI=1S/C24H17BrN2O4/c1-29-20-5-3-2-4-18(20)23-26-19(12-15-6-11-21-22(13-15)31-14-30-21)24(28)27(23)17-9-7-16(25)8-10-17/h2-13H,14H2,1H3/b19-12-. The highest BCUT2D eigenvalue weighted by molar-refractivity contribution is 9.10. The fourth-order valence-electron chi connectivity index (χ4n) is 3.52. The Labute approximate surface area is 187 Å². The van der Waals surface area contributed by atoms with Crippen LogP contribution in [-0.2, 0) is 4.79 Å². The third-order valence-electron chi connectivity index (χ3n) is 4.99. The zero-order valence-electron chi connectivity index (χ0n) is 16.5. The average Bonchev–Trinajstić information content (AvgIpc) is 3.39. The third-order valence-corrected chi connectivity index (χ3v) is 5.52. The number of amides is 1. The summed E-state index contributed by atoms with van der Waals surface area (Å²) in [6.07, 6.45) is 1.75. The van der Waals surface area contributed by atoms with Gasteiger partial charge in [0.05, 0.1) is 18.4 Å². The molecule has 7 heteroatoms. The predicted molar refractivity (Wildman–Crippen MR) is 122 cm³/mol. The number of rotatable bonds is 4. The van der Waals surface area contributed by atoms with E-state index in [0.717, 1.165) is 15.6 Å². The van der Waals surface area contributed by atoms with E-state index in [-0.39, 0.29) is 12.7 Å². The highest BCUT2D eigenvalue weighted by Crippen LogP contribution is 2.35. The molecule has 0 fully saturated rings. The van der Waals surface area contributed by atoms with Crippen molar-refractivity contribution < 1.29 is 19.0 Å². The summed E-state index contributed by atoms with van der Waals surface area (Å²) >= 11 is 3.45. The van der Waals surface area contributed by atoms with Gasteiger partial charge in [-0.2, -0.15) is 0 Å². The molecule has 0 spiro atoms. The number of amidine groups is 1. The number of anilines is 1. The van der Waals surface area contributed by atoms with Crippen LogP contribution in [0.3, 0.4) is 0 Å². The lowest BCUT2D eigenvalue weighted by Crippen LogP contribution is -2.32. The molecule has 2 heterocycles. The predicted octanol–water partition coefficient (Wildman–Crippen LogP) is 5.02. The summed E-state index contributed by atoms with van der Waals surface area (Å²) in [6.45, 7) is 0.196. The molecule has 0 saturated heterocycles. The number of hydrogen-bond donors (Lipinski definition) is 0. The van der Waals surface area contributed by atoms with Crippen molar-refractivity contribution in [1.82, 2.24) is 0 Å². The second-order valence-corrected chi connectivity index (χ2v) is 7.81. The van der Waals surface area contributed by atoms with Gasteiger partial charge in [-0.15, -0.1) is 0 Å². The molecule has 0 bridgehead atoms. The summed E-state index contributed by atoms with van der Waals surface area (Å²) in [5.74, 6) is 2.27. The quantitative estimate of drug-likeness (QED) is 0.496. The molecular formula is C24H17BrN2O4. The first-order chi connectivity index (χ1) is 15.1. The molecule has 0 N–H and O–H groups in total. The Morgan fingerprint density at radius 3 is 2.61 bits per heavy atom. The SMILES string of the molecule is COc1ccccc1C1=N/C(=C\c2ccc3c(c2)OCO3)C(=O)N1c1ccc(Br)cc1. The zero-order valence-corrected chi connectivity index (χ0v) is 18.1. The van der Waals surface area contributed by atoms with Crippen LogP contribution in [-0.4, -0.2) is 25.6 Å². The van der Waals surface area contributed by atoms with Gasteiger partial charge < -0.3 is 14.2 Å². The lowest BCUT2D eigenvalue weighted by Gasteiger charge is -2.20. The van der Waals surface area contributed by atoms with Gasteiger partial charge >= 0.3 is 0 Å². The zero-order chi connectivity index (χ0) is 21.4. The van der Waals surface area contributed by atoms with Crippen molar-refractivity contribution in [2.24, 2.45) is 4.99 Å². The van der Waals surface area contributed by atoms with Gasteiger partial charge in [0.1, 0.15) is 11.4 Å². The van der Waals surface area contributed by atoms with Crippen LogP contribution in [0, 0.1) is 0 Å². The maximum atomic E-state index is 13.4. The molecule has 1 amide bonds. The van der Waals surface area contributed by atoms with Crippen molar-refractivity contribution in [3.05, 3.63) is 88.0 Å². The van der Waals surface area contributed by atoms with Crippen LogP contribution in [0.4, 0.5) is 5.69 Å². The molecule has 0 atom stereocenters. The minimum Gasteiger partial charge on any atom is -0.496 e. The Balaban J connectivity index is 1.62. The van der Waals surface area contributed by atoms with Gasteiger partial charge in [-0.1, -0.05) is 34.1 Å². The number of halogens is 1. The molecule has 3 aromatic carbocycles. The molecular weight excluding hydrogens is 460 g/mol. The largest absolute Gasteiger partial charge is 0.496 e. The van der Waals surface area contributed by atoms with Gasteiger partial charge in [-0.25, -0.2) is 4.99 Å². The number of nitrogens with zero attached hydrogens (tertiary/aromatic N) is 2. The van der Waals surface area contributed by atoms with E-state index in [2.05, 4.69) is 15.9 Å². The number of carbonyl (C=O) groups excluding carboxylic acids is 1. The van der Waals surface area contributed by atoms with Crippen molar-refractivity contribution in [2.45, 2.75) is 0 Å². The Morgan fingerprint density at radius 1 is 1.03 bits per heavy atom. The molecule has 31 heavy (non-hydrogen) atoms. The topological polar surface area (TPSA) is 60.4 Å². The van der Waals surface area contributed by atoms with Gasteiger partial charge in [0.2, 0.25) is 6.79 Å². The number of benzene rings is 3. The van der Waals surface area contributed by atoms with Crippen molar-refractivity contribution in [1.29, 1.82) is 0 Å². The van der Waals surface area contributed by atoms with Crippen LogP contribution >= 0.6 is 15.9 Å². The normalized spacial score (nSPS) is 16.1. The molecule has 0 radical (unpaired) electrons. The van der Waals surface area contributed by atoms with Crippen LogP contribution in [0.5, 0.6) is 17.2 Å². The number of aliphatic imine (C=N–C) groups is 1. The molecule has 0 unspecified atom stereocenters. The first-order valence-corrected chi connectivity index (χ1v) is 10.4. The monoisotopic (exact) mass is 476 g/mol. The van der Waals surface area contributed by atoms with E-state index in [1.807, 2.05) is 66.7 Å². The van der Waals surface area contributed by atoms with E-state index in [9.17, 15) is 4.79 Å². The minimum atomic E-state index is -0.221. The Bertz CT molecular complexity index is 1230. The van der Waals surface area contributed by atoms with Gasteiger partial charge in [-0.05, 0) is 60.2 Å². The molecule has 154 valence electrons. The summed E-state index contributed by atoms with van der Waals surface area (Å²) in [7, 11) is 1.60. The van der Waals surface area contributed by atoms with E-state index < -0.39 is 0 Å². The molecule has 0 saturated carbocycles. The summed E-state index contributed by atoms with van der Waals surface area (Å²) in [6, 6.07) is 20.6. The van der Waals surface area contributed by atoms with Crippen molar-refractivity contribution in [3.8, 4) is 17.2 Å². The van der Waals surface area contributed by atoms with Gasteiger partial charge in [-0.3, -0.25) is 9.69 Å². The molecule has 0 aromatic heterocycles. The van der Waals surface area contributed by atoms with Crippen LogP contribution in [0.1, 0.15) is 11.1 Å². The average molecular weight is 477 g/mol. The lowest BCUT2D eigenvalue weighted by molar-refractivity contribution is -0.113. The number of carbonyl (C=O) groups is 1. The van der Waals surface area contributed by atoms with E-state index in [1.54, 1.807) is 18.1 Å². The number of ether oxygens (including phenoxy) is 3. The third kappa shape index (κ3) is 3.57. The summed E-state index contributed by atoms with van der Waals surface area (Å²) in [4.78, 5) is 19.8. The number of hydrogen-bond acceptors (Lipinski definition) is 5. The number of methoxy groups -OCH3 is 1. The molecule has 0 aliphatic carbocycles. The first-order valence-electron chi connectivity index (χ1n) is 9.57. The van der Waals surface area contributed by atoms with E-state index in [1.165, 1.54) is 0 Å². The van der Waals surface area contributed by atoms with Gasteiger partial charge in [0, 0.05) is 4.47 Å². The van der Waals surface area contributed by atoms with Crippen LogP contribution in [0.2, 0.25) is 0 Å². The highest BCUT2D eigenvalue weighted by Gasteiger charge is 2.34. The van der Waals surface area contributed by atoms with E-state index >= 15 is 0 Å². The number of para-hydroxylation sites is 1. The highest BCUT2D eigenvalue weighted by atomic mass is 79.9. The van der Waals surface area contributed by atoms with Gasteiger partial charge in [0.15, 0.2) is 17.3 Å². The molecule has 5 rings (SSSR count). The Hall–Kier alpha value is -3.58. The fourth-order valence-corrected chi connectivity index (χ4v) is 3.78. The van der Waals surface area contributed by atoms with E-state index in [0.29, 0.717) is 34.5 Å². The lowest BCUT2D eigenvalue weighted by atomic mass is 10.1. The molecule has 3 aromatic rings. The van der Waals surface area contributed by atoms with Crippen molar-refractivity contribution in [3.63, 3.8) is 0 Å². The van der Waals surface area contributed by atoms with E-state index in [4.69, 9.17) is 19.2 Å². The Morgan fingerprint density at radius 2 is 1.81 bits per heavy atom. The number of fused-ring (bicyclic) bond motifs is 1. The fraction of sp³-hybridized carbons (Fsp3) is 0.0833. The summed E-state index contributed by atoms with van der Waals surface area (Å²) < 4.78 is 17.3. The van der Waals surface area contributed by atoms with Crippen molar-refractivity contribution >= 4 is 39.4 Å². The maximum absolute atomic E-state index is 13.4. The first kappa shape index (κ1) is 19.4. The summed E-state index contributed by atoms with van der Waals surface area (Å²) in [5, 5.41) is 0. The smallest absolute Gasteiger partial charge is 0.282 e. The Kier molecular flexibility index (Phi) is 4.95.